The number of aryl methyl sites for hydroxylation is 2. The summed E-state index contributed by atoms with van der Waals surface area (Å²) >= 11 is 5.82. The van der Waals surface area contributed by atoms with Crippen LogP contribution in [0.15, 0.2) is 24.3 Å². The molecule has 0 fully saturated rings. The molecule has 16 heavy (non-hydrogen) atoms. The summed E-state index contributed by atoms with van der Waals surface area (Å²) in [5.74, 6) is 1.47. The van der Waals surface area contributed by atoms with E-state index >= 15 is 0 Å². The number of hydrogen-bond donors (Lipinski definition) is 1. The Hall–Kier alpha value is -1.39. The molecule has 84 valence electrons. The van der Waals surface area contributed by atoms with Crippen LogP contribution in [0.5, 0.6) is 0 Å². The van der Waals surface area contributed by atoms with Crippen LogP contribution in [0.25, 0.3) is 0 Å². The van der Waals surface area contributed by atoms with E-state index in [1.54, 1.807) is 4.68 Å². The number of rotatable bonds is 2. The molecule has 1 atom stereocenters. The van der Waals surface area contributed by atoms with E-state index in [9.17, 15) is 0 Å². The van der Waals surface area contributed by atoms with Crippen LogP contribution in [0.1, 0.15) is 23.3 Å². The molecule has 1 aromatic carbocycles. The Morgan fingerprint density at radius 3 is 2.44 bits per heavy atom. The van der Waals surface area contributed by atoms with Gasteiger partial charge in [0.05, 0.1) is 6.04 Å². The quantitative estimate of drug-likeness (QED) is 0.866. The molecule has 1 aromatic heterocycles. The average Bonchev–Trinajstić information content (AvgIpc) is 2.59. The van der Waals surface area contributed by atoms with Crippen LogP contribution in [0.2, 0.25) is 5.02 Å². The molecule has 0 aliphatic carbocycles. The van der Waals surface area contributed by atoms with Gasteiger partial charge in [-0.3, -0.25) is 4.68 Å². The number of hydrogen-bond acceptors (Lipinski definition) is 3. The number of halogens is 1. The van der Waals surface area contributed by atoms with E-state index in [-0.39, 0.29) is 6.04 Å². The van der Waals surface area contributed by atoms with Gasteiger partial charge in [0.1, 0.15) is 5.82 Å². The standard InChI is InChI=1S/C11H13ClN4/c1-7-14-11(15-16(7)2)10(13)8-3-5-9(12)6-4-8/h3-6,10H,13H2,1-2H3/t10-/m1/s1. The Morgan fingerprint density at radius 1 is 1.31 bits per heavy atom. The first-order valence-electron chi connectivity index (χ1n) is 4.96. The fourth-order valence-corrected chi connectivity index (χ4v) is 1.56. The van der Waals surface area contributed by atoms with Crippen LogP contribution in [-0.4, -0.2) is 14.8 Å². The highest BCUT2D eigenvalue weighted by molar-refractivity contribution is 6.30. The Kier molecular flexibility index (Phi) is 2.94. The summed E-state index contributed by atoms with van der Waals surface area (Å²) in [6.45, 7) is 1.89. The van der Waals surface area contributed by atoms with E-state index in [1.807, 2.05) is 38.2 Å². The molecule has 0 unspecified atom stereocenters. The van der Waals surface area contributed by atoms with Crippen molar-refractivity contribution in [3.8, 4) is 0 Å². The van der Waals surface area contributed by atoms with Crippen molar-refractivity contribution in [1.29, 1.82) is 0 Å². The van der Waals surface area contributed by atoms with Crippen molar-refractivity contribution < 1.29 is 0 Å². The molecule has 0 radical (unpaired) electrons. The summed E-state index contributed by atoms with van der Waals surface area (Å²) < 4.78 is 1.71. The third-order valence-electron chi connectivity index (χ3n) is 2.50. The molecule has 2 aromatic rings. The number of aromatic nitrogens is 3. The smallest absolute Gasteiger partial charge is 0.172 e. The molecule has 2 rings (SSSR count). The number of nitrogens with zero attached hydrogens (tertiary/aromatic N) is 3. The molecule has 0 aliphatic rings. The molecule has 2 N–H and O–H groups in total. The van der Waals surface area contributed by atoms with Crippen molar-refractivity contribution in [2.75, 3.05) is 0 Å². The summed E-state index contributed by atoms with van der Waals surface area (Å²) in [6.07, 6.45) is 0. The van der Waals surface area contributed by atoms with Gasteiger partial charge < -0.3 is 5.73 Å². The van der Waals surface area contributed by atoms with E-state index in [0.29, 0.717) is 10.8 Å². The van der Waals surface area contributed by atoms with Crippen LogP contribution >= 0.6 is 11.6 Å². The third-order valence-corrected chi connectivity index (χ3v) is 2.76. The molecular formula is C11H13ClN4. The minimum atomic E-state index is -0.308. The highest BCUT2D eigenvalue weighted by atomic mass is 35.5. The zero-order valence-electron chi connectivity index (χ0n) is 9.18. The van der Waals surface area contributed by atoms with Crippen molar-refractivity contribution in [3.63, 3.8) is 0 Å². The van der Waals surface area contributed by atoms with Gasteiger partial charge in [0.15, 0.2) is 5.82 Å². The highest BCUT2D eigenvalue weighted by Crippen LogP contribution is 2.18. The maximum atomic E-state index is 6.07. The number of nitrogens with two attached hydrogens (primary N) is 1. The van der Waals surface area contributed by atoms with Crippen LogP contribution in [0, 0.1) is 6.92 Å². The van der Waals surface area contributed by atoms with Crippen molar-refractivity contribution in [2.45, 2.75) is 13.0 Å². The zero-order valence-corrected chi connectivity index (χ0v) is 9.94. The predicted molar refractivity (Wildman–Crippen MR) is 63.2 cm³/mol. The monoisotopic (exact) mass is 236 g/mol. The summed E-state index contributed by atoms with van der Waals surface area (Å²) in [4.78, 5) is 4.30. The Bertz CT molecular complexity index is 470. The molecule has 0 bridgehead atoms. The molecule has 1 heterocycles. The predicted octanol–water partition coefficient (Wildman–Crippen LogP) is 1.83. The Labute approximate surface area is 99.1 Å². The van der Waals surface area contributed by atoms with E-state index in [1.165, 1.54) is 0 Å². The van der Waals surface area contributed by atoms with Crippen molar-refractivity contribution in [2.24, 2.45) is 12.8 Å². The van der Waals surface area contributed by atoms with Gasteiger partial charge in [0.25, 0.3) is 0 Å². The SMILES string of the molecule is Cc1nc([C@H](N)c2ccc(Cl)cc2)nn1C. The molecule has 0 aliphatic heterocycles. The van der Waals surface area contributed by atoms with Gasteiger partial charge in [-0.15, -0.1) is 0 Å². The Morgan fingerprint density at radius 2 is 1.94 bits per heavy atom. The van der Waals surface area contributed by atoms with Gasteiger partial charge in [0.2, 0.25) is 0 Å². The van der Waals surface area contributed by atoms with Crippen molar-refractivity contribution in [1.82, 2.24) is 14.8 Å². The van der Waals surface area contributed by atoms with Gasteiger partial charge in [-0.05, 0) is 24.6 Å². The lowest BCUT2D eigenvalue weighted by Gasteiger charge is -2.07. The van der Waals surface area contributed by atoms with Crippen LogP contribution in [-0.2, 0) is 7.05 Å². The summed E-state index contributed by atoms with van der Waals surface area (Å²) in [5, 5.41) is 4.95. The van der Waals surface area contributed by atoms with Crippen molar-refractivity contribution in [3.05, 3.63) is 46.5 Å². The van der Waals surface area contributed by atoms with Crippen LogP contribution in [0.3, 0.4) is 0 Å². The van der Waals surface area contributed by atoms with Gasteiger partial charge in [-0.25, -0.2) is 4.98 Å². The Balaban J connectivity index is 2.31. The lowest BCUT2D eigenvalue weighted by molar-refractivity contribution is 0.700. The zero-order chi connectivity index (χ0) is 11.7. The normalized spacial score (nSPS) is 12.8. The first-order valence-corrected chi connectivity index (χ1v) is 5.34. The first-order chi connectivity index (χ1) is 7.58. The molecule has 0 saturated carbocycles. The summed E-state index contributed by atoms with van der Waals surface area (Å²) in [6, 6.07) is 7.09. The fraction of sp³-hybridized carbons (Fsp3) is 0.273. The largest absolute Gasteiger partial charge is 0.318 e. The lowest BCUT2D eigenvalue weighted by atomic mass is 10.1. The average molecular weight is 237 g/mol. The maximum Gasteiger partial charge on any atom is 0.172 e. The third kappa shape index (κ3) is 2.08. The highest BCUT2D eigenvalue weighted by Gasteiger charge is 2.14. The van der Waals surface area contributed by atoms with E-state index < -0.39 is 0 Å². The summed E-state index contributed by atoms with van der Waals surface area (Å²) in [7, 11) is 1.85. The van der Waals surface area contributed by atoms with Crippen LogP contribution < -0.4 is 5.73 Å². The summed E-state index contributed by atoms with van der Waals surface area (Å²) in [5.41, 5.74) is 7.02. The second-order valence-electron chi connectivity index (χ2n) is 3.67. The van der Waals surface area contributed by atoms with Gasteiger partial charge in [0, 0.05) is 12.1 Å². The van der Waals surface area contributed by atoms with Crippen LogP contribution in [0.4, 0.5) is 0 Å². The minimum absolute atomic E-state index is 0.308. The second kappa shape index (κ2) is 4.23. The fourth-order valence-electron chi connectivity index (χ4n) is 1.44. The minimum Gasteiger partial charge on any atom is -0.318 e. The van der Waals surface area contributed by atoms with E-state index in [0.717, 1.165) is 11.4 Å². The maximum absolute atomic E-state index is 6.07. The lowest BCUT2D eigenvalue weighted by Crippen LogP contribution is -2.13. The molecule has 0 amide bonds. The van der Waals surface area contributed by atoms with Gasteiger partial charge >= 0.3 is 0 Å². The molecule has 0 spiro atoms. The second-order valence-corrected chi connectivity index (χ2v) is 4.11. The molecular weight excluding hydrogens is 224 g/mol. The van der Waals surface area contributed by atoms with Gasteiger partial charge in [-0.2, -0.15) is 5.10 Å². The van der Waals surface area contributed by atoms with Gasteiger partial charge in [-0.1, -0.05) is 23.7 Å². The molecule has 5 heteroatoms. The van der Waals surface area contributed by atoms with Crippen molar-refractivity contribution >= 4 is 11.6 Å². The van der Waals surface area contributed by atoms with E-state index in [4.69, 9.17) is 17.3 Å². The number of benzene rings is 1. The topological polar surface area (TPSA) is 56.7 Å². The first kappa shape index (κ1) is 11.1. The molecule has 0 saturated heterocycles. The molecule has 4 nitrogen and oxygen atoms in total. The van der Waals surface area contributed by atoms with E-state index in [2.05, 4.69) is 10.1 Å².